The first-order valence-electron chi connectivity index (χ1n) is 14.6. The van der Waals surface area contributed by atoms with Crippen molar-refractivity contribution in [2.75, 3.05) is 78.8 Å². The molecule has 1 atom stereocenters. The van der Waals surface area contributed by atoms with E-state index >= 15 is 0 Å². The summed E-state index contributed by atoms with van der Waals surface area (Å²) in [4.78, 5) is 25.0. The molecule has 1 saturated heterocycles. The highest BCUT2D eigenvalue weighted by atomic mass is 16.5. The first-order valence-corrected chi connectivity index (χ1v) is 14.6. The molecule has 41 heavy (non-hydrogen) atoms. The second-order valence-electron chi connectivity index (χ2n) is 10.8. The summed E-state index contributed by atoms with van der Waals surface area (Å²) in [7, 11) is 5.44. The summed E-state index contributed by atoms with van der Waals surface area (Å²) in [6.45, 7) is 6.76. The third-order valence-electron chi connectivity index (χ3n) is 7.94. The fourth-order valence-electron chi connectivity index (χ4n) is 5.43. The van der Waals surface area contributed by atoms with Crippen molar-refractivity contribution in [1.29, 1.82) is 0 Å². The van der Waals surface area contributed by atoms with Crippen molar-refractivity contribution in [3.05, 3.63) is 53.7 Å². The molecule has 2 aromatic carbocycles. The monoisotopic (exact) mass is 562 g/mol. The Kier molecular flexibility index (Phi) is 9.92. The average Bonchev–Trinajstić information content (AvgIpc) is 3.38. The van der Waals surface area contributed by atoms with Crippen LogP contribution in [0.5, 0.6) is 11.5 Å². The van der Waals surface area contributed by atoms with E-state index in [4.69, 9.17) is 23.9 Å². The molecule has 0 aromatic heterocycles. The molecule has 0 spiro atoms. The van der Waals surface area contributed by atoms with E-state index in [2.05, 4.69) is 41.1 Å². The normalized spacial score (nSPS) is 18.7. The molecule has 9 nitrogen and oxygen atoms in total. The number of likely N-dealkylation sites (N-methyl/N-ethyl adjacent to an activating group) is 1. The Labute approximate surface area is 243 Å². The Morgan fingerprint density at radius 1 is 0.902 bits per heavy atom. The SMILES string of the molecule is COCCOCCCCCOc1cc2c(cc1OC)C(=O)N1C=C(c3ccc(N4CCN(C)CC4)cc3)C[C@H]1C=N2. The van der Waals surface area contributed by atoms with Gasteiger partial charge in [0.15, 0.2) is 11.5 Å². The van der Waals surface area contributed by atoms with Gasteiger partial charge < -0.3 is 33.6 Å². The lowest BCUT2D eigenvalue weighted by Crippen LogP contribution is -2.44. The Hall–Kier alpha value is -3.40. The van der Waals surface area contributed by atoms with E-state index in [1.54, 1.807) is 25.2 Å². The van der Waals surface area contributed by atoms with E-state index < -0.39 is 0 Å². The molecule has 1 amide bonds. The maximum absolute atomic E-state index is 13.7. The number of anilines is 1. The van der Waals surface area contributed by atoms with E-state index in [9.17, 15) is 4.79 Å². The summed E-state index contributed by atoms with van der Waals surface area (Å²) in [5.41, 5.74) is 4.65. The maximum Gasteiger partial charge on any atom is 0.260 e. The first kappa shape index (κ1) is 29.1. The highest BCUT2D eigenvalue weighted by Gasteiger charge is 2.33. The van der Waals surface area contributed by atoms with Crippen LogP contribution in [-0.4, -0.2) is 102 Å². The van der Waals surface area contributed by atoms with E-state index in [0.29, 0.717) is 42.6 Å². The van der Waals surface area contributed by atoms with Gasteiger partial charge in [0.1, 0.15) is 0 Å². The van der Waals surface area contributed by atoms with Gasteiger partial charge in [0.05, 0.1) is 44.2 Å². The highest BCUT2D eigenvalue weighted by molar-refractivity contribution is 6.05. The topological polar surface area (TPSA) is 76.1 Å². The lowest BCUT2D eigenvalue weighted by atomic mass is 10.0. The molecular weight excluding hydrogens is 520 g/mol. The number of carbonyl (C=O) groups is 1. The fourth-order valence-corrected chi connectivity index (χ4v) is 5.43. The van der Waals surface area contributed by atoms with Crippen LogP contribution in [0, 0.1) is 0 Å². The molecule has 0 bridgehead atoms. The van der Waals surface area contributed by atoms with E-state index in [1.807, 2.05) is 18.5 Å². The van der Waals surface area contributed by atoms with Crippen molar-refractivity contribution in [2.45, 2.75) is 31.7 Å². The molecule has 0 aliphatic carbocycles. The number of nitrogens with zero attached hydrogens (tertiary/aromatic N) is 4. The Morgan fingerprint density at radius 2 is 1.68 bits per heavy atom. The summed E-state index contributed by atoms with van der Waals surface area (Å²) in [5.74, 6) is 1.06. The summed E-state index contributed by atoms with van der Waals surface area (Å²) in [6, 6.07) is 12.2. The minimum Gasteiger partial charge on any atom is -0.493 e. The van der Waals surface area contributed by atoms with Gasteiger partial charge >= 0.3 is 0 Å². The number of aliphatic imine (C=N–C) groups is 1. The van der Waals surface area contributed by atoms with Crippen molar-refractivity contribution in [1.82, 2.24) is 9.80 Å². The maximum atomic E-state index is 13.7. The highest BCUT2D eigenvalue weighted by Crippen LogP contribution is 2.40. The van der Waals surface area contributed by atoms with Gasteiger partial charge in [0.25, 0.3) is 5.91 Å². The van der Waals surface area contributed by atoms with Gasteiger partial charge in [0, 0.05) is 70.5 Å². The second-order valence-corrected chi connectivity index (χ2v) is 10.8. The molecule has 3 aliphatic rings. The van der Waals surface area contributed by atoms with Crippen LogP contribution in [0.2, 0.25) is 0 Å². The van der Waals surface area contributed by atoms with Gasteiger partial charge in [-0.25, -0.2) is 0 Å². The number of carbonyl (C=O) groups excluding carboxylic acids is 1. The van der Waals surface area contributed by atoms with Crippen molar-refractivity contribution >= 4 is 29.1 Å². The third kappa shape index (κ3) is 7.09. The van der Waals surface area contributed by atoms with Crippen LogP contribution in [0.25, 0.3) is 5.57 Å². The number of hydrogen-bond donors (Lipinski definition) is 0. The van der Waals surface area contributed by atoms with Gasteiger partial charge in [-0.1, -0.05) is 12.1 Å². The predicted molar refractivity (Wildman–Crippen MR) is 162 cm³/mol. The second kappa shape index (κ2) is 14.0. The smallest absolute Gasteiger partial charge is 0.260 e. The molecule has 0 unspecified atom stereocenters. The Bertz CT molecular complexity index is 1240. The van der Waals surface area contributed by atoms with Crippen molar-refractivity contribution in [3.8, 4) is 11.5 Å². The lowest BCUT2D eigenvalue weighted by Gasteiger charge is -2.34. The molecule has 3 aliphatic heterocycles. The summed E-state index contributed by atoms with van der Waals surface area (Å²) in [5, 5.41) is 0. The van der Waals surface area contributed by atoms with Crippen LogP contribution < -0.4 is 14.4 Å². The van der Waals surface area contributed by atoms with Crippen molar-refractivity contribution in [2.24, 2.45) is 4.99 Å². The molecule has 0 saturated carbocycles. The average molecular weight is 563 g/mol. The van der Waals surface area contributed by atoms with Gasteiger partial charge in [-0.3, -0.25) is 9.79 Å². The number of methoxy groups -OCH3 is 2. The quantitative estimate of drug-likeness (QED) is 0.330. The van der Waals surface area contributed by atoms with E-state index in [0.717, 1.165) is 69.6 Å². The van der Waals surface area contributed by atoms with E-state index in [-0.39, 0.29) is 11.9 Å². The molecule has 3 heterocycles. The molecule has 220 valence electrons. The van der Waals surface area contributed by atoms with Gasteiger partial charge in [-0.2, -0.15) is 0 Å². The Morgan fingerprint density at radius 3 is 2.44 bits per heavy atom. The molecule has 0 N–H and O–H groups in total. The molecule has 1 fully saturated rings. The van der Waals surface area contributed by atoms with Crippen LogP contribution in [-0.2, 0) is 9.47 Å². The number of unbranched alkanes of at least 4 members (excludes halogenated alkanes) is 2. The Balaban J connectivity index is 1.21. The van der Waals surface area contributed by atoms with Crippen LogP contribution >= 0.6 is 0 Å². The van der Waals surface area contributed by atoms with Crippen LogP contribution in [0.15, 0.2) is 47.6 Å². The molecule has 5 rings (SSSR count). The number of ether oxygens (including phenoxy) is 4. The van der Waals surface area contributed by atoms with Crippen LogP contribution in [0.4, 0.5) is 11.4 Å². The summed E-state index contributed by atoms with van der Waals surface area (Å²) >= 11 is 0. The van der Waals surface area contributed by atoms with Crippen molar-refractivity contribution in [3.63, 3.8) is 0 Å². The third-order valence-corrected chi connectivity index (χ3v) is 7.94. The zero-order chi connectivity index (χ0) is 28.6. The molecular formula is C32H42N4O5. The fraction of sp³-hybridized carbons (Fsp3) is 0.500. The number of amides is 1. The van der Waals surface area contributed by atoms with Gasteiger partial charge in [0.2, 0.25) is 0 Å². The standard InChI is InChI=1S/C32H42N4O5/c1-34-11-13-35(14-12-34)26-9-7-24(8-10-26)25-19-27-22-33-29-21-31(41-16-6-4-5-15-40-18-17-38-2)30(39-3)20-28(29)32(37)36(27)23-25/h7-10,20-23,27H,4-6,11-19H2,1-3H3/t27-/m0/s1. The predicted octanol–water partition coefficient (Wildman–Crippen LogP) is 4.63. The molecule has 2 aromatic rings. The number of piperazine rings is 1. The first-order chi connectivity index (χ1) is 20.1. The van der Waals surface area contributed by atoms with Gasteiger partial charge in [-0.15, -0.1) is 0 Å². The minimum atomic E-state index is -0.122. The lowest BCUT2D eigenvalue weighted by molar-refractivity contribution is 0.0682. The number of benzene rings is 2. The van der Waals surface area contributed by atoms with Crippen molar-refractivity contribution < 1.29 is 23.7 Å². The summed E-state index contributed by atoms with van der Waals surface area (Å²) in [6.07, 6.45) is 7.46. The number of hydrogen-bond acceptors (Lipinski definition) is 8. The van der Waals surface area contributed by atoms with E-state index in [1.165, 1.54) is 5.69 Å². The van der Waals surface area contributed by atoms with Crippen LogP contribution in [0.3, 0.4) is 0 Å². The van der Waals surface area contributed by atoms with Crippen LogP contribution in [0.1, 0.15) is 41.6 Å². The molecule has 9 heteroatoms. The largest absolute Gasteiger partial charge is 0.493 e. The number of rotatable bonds is 13. The zero-order valence-electron chi connectivity index (χ0n) is 24.5. The molecule has 0 radical (unpaired) electrons. The van der Waals surface area contributed by atoms with Gasteiger partial charge in [-0.05, 0) is 55.6 Å². The minimum absolute atomic E-state index is 0.0788. The summed E-state index contributed by atoms with van der Waals surface area (Å²) < 4.78 is 22.1. The number of fused-ring (bicyclic) bond motifs is 2. The zero-order valence-corrected chi connectivity index (χ0v) is 24.5.